The van der Waals surface area contributed by atoms with Crippen LogP contribution in [0, 0.1) is 0 Å². The lowest BCUT2D eigenvalue weighted by atomic mass is 10.1. The quantitative estimate of drug-likeness (QED) is 0.733. The zero-order valence-corrected chi connectivity index (χ0v) is 17.9. The van der Waals surface area contributed by atoms with Gasteiger partial charge in [0.2, 0.25) is 5.91 Å². The minimum absolute atomic E-state index is 0.0355. The van der Waals surface area contributed by atoms with Gasteiger partial charge in [0.05, 0.1) is 17.8 Å². The summed E-state index contributed by atoms with van der Waals surface area (Å²) in [7, 11) is 0. The van der Waals surface area contributed by atoms with Gasteiger partial charge in [-0.25, -0.2) is 0 Å². The molecule has 4 rings (SSSR count). The van der Waals surface area contributed by atoms with E-state index in [1.54, 1.807) is 6.07 Å². The van der Waals surface area contributed by atoms with Gasteiger partial charge in [-0.2, -0.15) is 0 Å². The summed E-state index contributed by atoms with van der Waals surface area (Å²) in [6.07, 6.45) is 1.33. The Bertz CT molecular complexity index is 911. The Hall–Kier alpha value is -3.06. The van der Waals surface area contributed by atoms with Crippen LogP contribution in [0.5, 0.6) is 0 Å². The summed E-state index contributed by atoms with van der Waals surface area (Å²) in [5, 5.41) is 3.26. The number of carbonyl (C=O) groups is 2. The van der Waals surface area contributed by atoms with Crippen molar-refractivity contribution in [3.63, 3.8) is 0 Å². The fourth-order valence-electron chi connectivity index (χ4n) is 4.32. The summed E-state index contributed by atoms with van der Waals surface area (Å²) in [5.41, 5.74) is 9.60. The minimum atomic E-state index is 0.0355. The zero-order chi connectivity index (χ0) is 21.6. The molecular weight excluding hydrogens is 390 g/mol. The van der Waals surface area contributed by atoms with Gasteiger partial charge in [0.15, 0.2) is 0 Å². The van der Waals surface area contributed by atoms with Crippen LogP contribution in [0.2, 0.25) is 0 Å². The first-order valence-electron chi connectivity index (χ1n) is 11.1. The van der Waals surface area contributed by atoms with E-state index in [9.17, 15) is 9.59 Å². The number of hydrogen-bond donors (Lipinski definition) is 2. The third kappa shape index (κ3) is 5.17. The van der Waals surface area contributed by atoms with Crippen LogP contribution < -0.4 is 16.0 Å². The van der Waals surface area contributed by atoms with Crippen molar-refractivity contribution in [2.24, 2.45) is 0 Å². The highest BCUT2D eigenvalue weighted by Gasteiger charge is 2.22. The molecule has 31 heavy (non-hydrogen) atoms. The van der Waals surface area contributed by atoms with E-state index < -0.39 is 0 Å². The third-order valence-corrected chi connectivity index (χ3v) is 6.07. The third-order valence-electron chi connectivity index (χ3n) is 6.07. The number of piperazine rings is 1. The van der Waals surface area contributed by atoms with E-state index in [1.807, 2.05) is 52.3 Å². The lowest BCUT2D eigenvalue weighted by Gasteiger charge is -2.28. The number of hydrogen-bond acceptors (Lipinski definition) is 5. The monoisotopic (exact) mass is 421 g/mol. The van der Waals surface area contributed by atoms with E-state index in [0.717, 1.165) is 63.5 Å². The molecule has 0 aliphatic carbocycles. The molecule has 2 amide bonds. The lowest BCUT2D eigenvalue weighted by Crippen LogP contribution is -2.46. The number of benzene rings is 2. The molecular formula is C24H31N5O2. The highest BCUT2D eigenvalue weighted by atomic mass is 16.2. The van der Waals surface area contributed by atoms with Gasteiger partial charge in [0.1, 0.15) is 0 Å². The highest BCUT2D eigenvalue weighted by Crippen LogP contribution is 2.26. The number of nitrogen functional groups attached to an aromatic ring is 1. The summed E-state index contributed by atoms with van der Waals surface area (Å²) < 4.78 is 0. The number of amides is 2. The summed E-state index contributed by atoms with van der Waals surface area (Å²) in [4.78, 5) is 31.5. The number of carbonyl (C=O) groups excluding carboxylic acids is 2. The van der Waals surface area contributed by atoms with Crippen LogP contribution in [-0.4, -0.2) is 74.0 Å². The van der Waals surface area contributed by atoms with Crippen molar-refractivity contribution < 1.29 is 9.59 Å². The number of nitrogens with zero attached hydrogens (tertiary/aromatic N) is 3. The van der Waals surface area contributed by atoms with E-state index in [0.29, 0.717) is 24.2 Å². The Labute approximate surface area is 183 Å². The Balaban J connectivity index is 1.38. The van der Waals surface area contributed by atoms with Crippen LogP contribution in [0.15, 0.2) is 48.5 Å². The molecule has 2 fully saturated rings. The molecule has 3 N–H and O–H groups in total. The predicted molar refractivity (Wildman–Crippen MR) is 123 cm³/mol. The molecule has 2 aromatic carbocycles. The number of anilines is 2. The summed E-state index contributed by atoms with van der Waals surface area (Å²) >= 11 is 0. The first-order chi connectivity index (χ1) is 15.1. The molecule has 2 aliphatic rings. The van der Waals surface area contributed by atoms with Gasteiger partial charge in [-0.1, -0.05) is 30.3 Å². The van der Waals surface area contributed by atoms with E-state index >= 15 is 0 Å². The molecule has 2 aliphatic heterocycles. The standard InChI is InChI=1S/C24H31N5O2/c25-21-18-20(24(31)29-13-9-26-10-14-29)7-8-22(21)27-11-4-12-28(16-15-27)23(30)17-19-5-2-1-3-6-19/h1-3,5-8,18,26H,4,9-17,25H2. The fourth-order valence-corrected chi connectivity index (χ4v) is 4.32. The van der Waals surface area contributed by atoms with Crippen LogP contribution in [-0.2, 0) is 11.2 Å². The maximum absolute atomic E-state index is 12.7. The molecule has 2 saturated heterocycles. The van der Waals surface area contributed by atoms with Crippen LogP contribution in [0.25, 0.3) is 0 Å². The van der Waals surface area contributed by atoms with Gasteiger partial charge < -0.3 is 25.8 Å². The average molecular weight is 422 g/mol. The molecule has 0 aromatic heterocycles. The number of nitrogens with one attached hydrogen (secondary N) is 1. The van der Waals surface area contributed by atoms with Crippen LogP contribution in [0.3, 0.4) is 0 Å². The second-order valence-corrected chi connectivity index (χ2v) is 8.20. The van der Waals surface area contributed by atoms with E-state index in [-0.39, 0.29) is 11.8 Å². The predicted octanol–water partition coefficient (Wildman–Crippen LogP) is 1.60. The first-order valence-corrected chi connectivity index (χ1v) is 11.1. The topological polar surface area (TPSA) is 81.9 Å². The minimum Gasteiger partial charge on any atom is -0.397 e. The second kappa shape index (κ2) is 9.83. The molecule has 7 nitrogen and oxygen atoms in total. The van der Waals surface area contributed by atoms with Crippen molar-refractivity contribution in [2.45, 2.75) is 12.8 Å². The molecule has 0 spiro atoms. The van der Waals surface area contributed by atoms with Gasteiger partial charge >= 0.3 is 0 Å². The Kier molecular flexibility index (Phi) is 6.72. The van der Waals surface area contributed by atoms with E-state index in [2.05, 4.69) is 10.2 Å². The van der Waals surface area contributed by atoms with Gasteiger partial charge in [0.25, 0.3) is 5.91 Å². The summed E-state index contributed by atoms with van der Waals surface area (Å²) in [6.45, 7) is 6.09. The van der Waals surface area contributed by atoms with Gasteiger partial charge in [-0.3, -0.25) is 9.59 Å². The zero-order valence-electron chi connectivity index (χ0n) is 17.9. The van der Waals surface area contributed by atoms with Crippen LogP contribution in [0.1, 0.15) is 22.3 Å². The molecule has 7 heteroatoms. The largest absolute Gasteiger partial charge is 0.397 e. The smallest absolute Gasteiger partial charge is 0.254 e. The van der Waals surface area contributed by atoms with E-state index in [1.165, 1.54) is 0 Å². The van der Waals surface area contributed by atoms with Crippen molar-refractivity contribution in [1.82, 2.24) is 15.1 Å². The molecule has 0 radical (unpaired) electrons. The van der Waals surface area contributed by atoms with Gasteiger partial charge in [-0.15, -0.1) is 0 Å². The SMILES string of the molecule is Nc1cc(C(=O)N2CCNCC2)ccc1N1CCCN(C(=O)Cc2ccccc2)CC1. The normalized spacial score (nSPS) is 17.4. The molecule has 0 bridgehead atoms. The maximum Gasteiger partial charge on any atom is 0.254 e. The number of rotatable bonds is 4. The average Bonchev–Trinajstić information content (AvgIpc) is 3.06. The molecule has 0 unspecified atom stereocenters. The Morgan fingerprint density at radius 1 is 0.871 bits per heavy atom. The fraction of sp³-hybridized carbons (Fsp3) is 0.417. The highest BCUT2D eigenvalue weighted by molar-refractivity contribution is 5.96. The molecule has 164 valence electrons. The second-order valence-electron chi connectivity index (χ2n) is 8.20. The summed E-state index contributed by atoms with van der Waals surface area (Å²) in [5.74, 6) is 0.200. The molecule has 2 heterocycles. The van der Waals surface area contributed by atoms with Crippen molar-refractivity contribution in [3.05, 3.63) is 59.7 Å². The van der Waals surface area contributed by atoms with Crippen molar-refractivity contribution in [3.8, 4) is 0 Å². The first kappa shape index (κ1) is 21.2. The van der Waals surface area contributed by atoms with Gasteiger partial charge in [0, 0.05) is 57.9 Å². The Morgan fingerprint density at radius 2 is 1.65 bits per heavy atom. The van der Waals surface area contributed by atoms with Crippen molar-refractivity contribution >= 4 is 23.2 Å². The lowest BCUT2D eigenvalue weighted by molar-refractivity contribution is -0.130. The van der Waals surface area contributed by atoms with Crippen LogP contribution in [0.4, 0.5) is 11.4 Å². The maximum atomic E-state index is 12.7. The number of nitrogens with two attached hydrogens (primary N) is 1. The molecule has 0 saturated carbocycles. The van der Waals surface area contributed by atoms with Gasteiger partial charge in [-0.05, 0) is 30.2 Å². The Morgan fingerprint density at radius 3 is 2.39 bits per heavy atom. The van der Waals surface area contributed by atoms with E-state index in [4.69, 9.17) is 5.73 Å². The molecule has 0 atom stereocenters. The van der Waals surface area contributed by atoms with Crippen LogP contribution >= 0.6 is 0 Å². The molecule has 2 aromatic rings. The van der Waals surface area contributed by atoms with Crippen molar-refractivity contribution in [2.75, 3.05) is 63.0 Å². The summed E-state index contributed by atoms with van der Waals surface area (Å²) in [6, 6.07) is 15.5. The van der Waals surface area contributed by atoms with Crippen molar-refractivity contribution in [1.29, 1.82) is 0 Å².